The second-order valence-electron chi connectivity index (χ2n) is 7.24. The number of imidazole rings is 1. The number of nitrogens with one attached hydrogen (secondary N) is 1. The van der Waals surface area contributed by atoms with E-state index in [0.717, 1.165) is 45.9 Å². The lowest BCUT2D eigenvalue weighted by Gasteiger charge is -2.19. The largest absolute Gasteiger partial charge is 0.497 e. The molecule has 31 heavy (non-hydrogen) atoms. The van der Waals surface area contributed by atoms with Gasteiger partial charge in [-0.15, -0.1) is 0 Å². The van der Waals surface area contributed by atoms with E-state index < -0.39 is 6.04 Å². The summed E-state index contributed by atoms with van der Waals surface area (Å²) >= 11 is 0. The Kier molecular flexibility index (Phi) is 5.89. The number of para-hydroxylation sites is 1. The predicted molar refractivity (Wildman–Crippen MR) is 121 cm³/mol. The summed E-state index contributed by atoms with van der Waals surface area (Å²) in [5, 5.41) is 4.08. The zero-order valence-electron chi connectivity index (χ0n) is 17.8. The molecule has 0 radical (unpaired) electrons. The van der Waals surface area contributed by atoms with Gasteiger partial charge in [0.05, 0.1) is 7.11 Å². The average molecular weight is 415 g/mol. The van der Waals surface area contributed by atoms with E-state index in [1.807, 2.05) is 79.3 Å². The molecular formula is C25H25N3O3. The van der Waals surface area contributed by atoms with E-state index in [-0.39, 0.29) is 5.91 Å². The van der Waals surface area contributed by atoms with Gasteiger partial charge in [0.1, 0.15) is 29.0 Å². The number of furan rings is 1. The van der Waals surface area contributed by atoms with Crippen LogP contribution in [-0.2, 0) is 18.3 Å². The summed E-state index contributed by atoms with van der Waals surface area (Å²) in [4.78, 5) is 17.4. The van der Waals surface area contributed by atoms with Crippen molar-refractivity contribution in [1.82, 2.24) is 14.9 Å². The normalized spacial score (nSPS) is 12.4. The molecule has 0 fully saturated rings. The van der Waals surface area contributed by atoms with Gasteiger partial charge >= 0.3 is 0 Å². The first-order valence-corrected chi connectivity index (χ1v) is 10.2. The van der Waals surface area contributed by atoms with Crippen molar-refractivity contribution < 1.29 is 13.9 Å². The fourth-order valence-electron chi connectivity index (χ4n) is 3.68. The Morgan fingerprint density at radius 1 is 1.26 bits per heavy atom. The topological polar surface area (TPSA) is 69.3 Å². The zero-order chi connectivity index (χ0) is 21.8. The van der Waals surface area contributed by atoms with Gasteiger partial charge in [-0.25, -0.2) is 4.98 Å². The van der Waals surface area contributed by atoms with Crippen LogP contribution in [0.5, 0.6) is 5.75 Å². The van der Waals surface area contributed by atoms with Crippen molar-refractivity contribution in [1.29, 1.82) is 0 Å². The summed E-state index contributed by atoms with van der Waals surface area (Å²) in [5.74, 6) is 2.10. The van der Waals surface area contributed by atoms with Crippen molar-refractivity contribution in [2.75, 3.05) is 7.11 Å². The second kappa shape index (κ2) is 8.92. The maximum absolute atomic E-state index is 12.9. The molecule has 6 nitrogen and oxygen atoms in total. The zero-order valence-corrected chi connectivity index (χ0v) is 17.8. The van der Waals surface area contributed by atoms with E-state index in [2.05, 4.69) is 10.3 Å². The van der Waals surface area contributed by atoms with Gasteiger partial charge in [0.25, 0.3) is 0 Å². The lowest BCUT2D eigenvalue weighted by molar-refractivity contribution is -0.117. The quantitative estimate of drug-likeness (QED) is 0.446. The number of amides is 1. The summed E-state index contributed by atoms with van der Waals surface area (Å²) < 4.78 is 13.2. The van der Waals surface area contributed by atoms with E-state index in [0.29, 0.717) is 0 Å². The third kappa shape index (κ3) is 4.23. The monoisotopic (exact) mass is 415 g/mol. The molecule has 1 unspecified atom stereocenters. The van der Waals surface area contributed by atoms with Crippen LogP contribution in [0.2, 0.25) is 0 Å². The molecule has 2 aromatic carbocycles. The molecule has 0 spiro atoms. The van der Waals surface area contributed by atoms with E-state index >= 15 is 0 Å². The molecule has 158 valence electrons. The molecule has 1 N–H and O–H groups in total. The summed E-state index contributed by atoms with van der Waals surface area (Å²) in [6.07, 6.45) is 7.69. The highest BCUT2D eigenvalue weighted by molar-refractivity contribution is 5.96. The number of nitrogens with zero attached hydrogens (tertiary/aromatic N) is 2. The number of hydrogen-bond donors (Lipinski definition) is 1. The third-order valence-corrected chi connectivity index (χ3v) is 5.26. The summed E-state index contributed by atoms with van der Waals surface area (Å²) in [5.41, 5.74) is 2.64. The summed E-state index contributed by atoms with van der Waals surface area (Å²) in [6.45, 7) is 2.04. The van der Waals surface area contributed by atoms with Crippen molar-refractivity contribution in [3.63, 3.8) is 0 Å². The van der Waals surface area contributed by atoms with E-state index in [1.54, 1.807) is 19.4 Å². The van der Waals surface area contributed by atoms with E-state index in [1.165, 1.54) is 0 Å². The van der Waals surface area contributed by atoms with Gasteiger partial charge in [-0.05, 0) is 29.8 Å². The molecule has 4 aromatic rings. The molecular weight excluding hydrogens is 390 g/mol. The van der Waals surface area contributed by atoms with Crippen molar-refractivity contribution in [2.45, 2.75) is 19.4 Å². The molecule has 0 aliphatic heterocycles. The number of hydrogen-bond acceptors (Lipinski definition) is 4. The fourth-order valence-corrected chi connectivity index (χ4v) is 3.68. The maximum Gasteiger partial charge on any atom is 0.244 e. The number of ether oxygens (including phenoxy) is 1. The Bertz CT molecular complexity index is 1240. The lowest BCUT2D eigenvalue weighted by atomic mass is 10.1. The molecule has 0 aliphatic carbocycles. The van der Waals surface area contributed by atoms with Crippen LogP contribution in [0.25, 0.3) is 17.0 Å². The number of carbonyl (C=O) groups is 1. The molecule has 0 bridgehead atoms. The minimum Gasteiger partial charge on any atom is -0.497 e. The van der Waals surface area contributed by atoms with E-state index in [9.17, 15) is 4.79 Å². The Hall–Kier alpha value is -3.80. The van der Waals surface area contributed by atoms with Gasteiger partial charge in [0.2, 0.25) is 5.91 Å². The number of benzene rings is 2. The standard InChI is InChI=1S/C25H25N3O3/c1-4-21-20(19-10-5-6-11-22(19)31-21)12-13-23(29)27-24(25-26-14-15-28(25)2)17-8-7-9-18(16-17)30-3/h5-16,24H,4H2,1-3H3,(H,27,29)/b13-12+. The molecule has 0 saturated carbocycles. The molecule has 0 aliphatic rings. The van der Waals surface area contributed by atoms with Gasteiger partial charge in [-0.1, -0.05) is 37.3 Å². The van der Waals surface area contributed by atoms with Crippen LogP contribution in [0.1, 0.15) is 35.7 Å². The first-order chi connectivity index (χ1) is 15.1. The van der Waals surface area contributed by atoms with Gasteiger partial charge in [-0.3, -0.25) is 4.79 Å². The Morgan fingerprint density at radius 2 is 2.10 bits per heavy atom. The summed E-state index contributed by atoms with van der Waals surface area (Å²) in [7, 11) is 3.53. The number of fused-ring (bicyclic) bond motifs is 1. The van der Waals surface area contributed by atoms with Crippen LogP contribution >= 0.6 is 0 Å². The van der Waals surface area contributed by atoms with Crippen LogP contribution in [0.4, 0.5) is 0 Å². The highest BCUT2D eigenvalue weighted by Crippen LogP contribution is 2.28. The van der Waals surface area contributed by atoms with Crippen molar-refractivity contribution in [3.8, 4) is 5.75 Å². The first kappa shape index (κ1) is 20.5. The number of rotatable bonds is 7. The fraction of sp³-hybridized carbons (Fsp3) is 0.200. The average Bonchev–Trinajstić information content (AvgIpc) is 3.39. The van der Waals surface area contributed by atoms with Crippen molar-refractivity contribution in [2.24, 2.45) is 7.05 Å². The Morgan fingerprint density at radius 3 is 2.84 bits per heavy atom. The predicted octanol–water partition coefficient (Wildman–Crippen LogP) is 4.66. The number of methoxy groups -OCH3 is 1. The van der Waals surface area contributed by atoms with Crippen LogP contribution in [0, 0.1) is 0 Å². The van der Waals surface area contributed by atoms with Crippen LogP contribution in [0.3, 0.4) is 0 Å². The maximum atomic E-state index is 12.9. The Labute approximate surface area is 181 Å². The molecule has 1 atom stereocenters. The molecule has 4 rings (SSSR count). The number of aromatic nitrogens is 2. The smallest absolute Gasteiger partial charge is 0.244 e. The van der Waals surface area contributed by atoms with E-state index in [4.69, 9.17) is 9.15 Å². The summed E-state index contributed by atoms with van der Waals surface area (Å²) in [6, 6.07) is 15.1. The minimum atomic E-state index is -0.418. The highest BCUT2D eigenvalue weighted by atomic mass is 16.5. The van der Waals surface area contributed by atoms with Gasteiger partial charge < -0.3 is 19.0 Å². The highest BCUT2D eigenvalue weighted by Gasteiger charge is 2.20. The van der Waals surface area contributed by atoms with Gasteiger partial charge in [0, 0.05) is 42.9 Å². The number of carbonyl (C=O) groups excluding carboxylic acids is 1. The lowest BCUT2D eigenvalue weighted by Crippen LogP contribution is -2.29. The SMILES string of the molecule is CCc1oc2ccccc2c1/C=C/C(=O)NC(c1cccc(OC)c1)c1nccn1C. The van der Waals surface area contributed by atoms with Gasteiger partial charge in [0.15, 0.2) is 0 Å². The minimum absolute atomic E-state index is 0.219. The van der Waals surface area contributed by atoms with Crippen LogP contribution in [0.15, 0.2) is 71.4 Å². The van der Waals surface area contributed by atoms with Crippen LogP contribution in [-0.4, -0.2) is 22.6 Å². The molecule has 2 aromatic heterocycles. The van der Waals surface area contributed by atoms with Gasteiger partial charge in [-0.2, -0.15) is 0 Å². The molecule has 1 amide bonds. The van der Waals surface area contributed by atoms with Crippen molar-refractivity contribution >= 4 is 23.0 Å². The second-order valence-corrected chi connectivity index (χ2v) is 7.24. The Balaban J connectivity index is 1.63. The van der Waals surface area contributed by atoms with Crippen molar-refractivity contribution in [3.05, 3.63) is 89.7 Å². The molecule has 2 heterocycles. The number of aryl methyl sites for hydroxylation is 2. The third-order valence-electron chi connectivity index (χ3n) is 5.26. The first-order valence-electron chi connectivity index (χ1n) is 10.2. The van der Waals surface area contributed by atoms with Crippen LogP contribution < -0.4 is 10.1 Å². The molecule has 0 saturated heterocycles. The molecule has 6 heteroatoms.